The molecule has 2 aromatic rings. The number of morpholine rings is 1. The van der Waals surface area contributed by atoms with E-state index in [1.807, 2.05) is 0 Å². The van der Waals surface area contributed by atoms with Gasteiger partial charge in [0.2, 0.25) is 10.0 Å². The average molecular weight is 378 g/mol. The topological polar surface area (TPSA) is 104 Å². The van der Waals surface area contributed by atoms with Crippen LogP contribution in [0.2, 0.25) is 0 Å². The number of aromatic amines is 1. The Morgan fingerprint density at radius 1 is 1.23 bits per heavy atom. The van der Waals surface area contributed by atoms with Crippen LogP contribution in [0.4, 0.5) is 0 Å². The van der Waals surface area contributed by atoms with Crippen molar-refractivity contribution in [3.8, 4) is 0 Å². The van der Waals surface area contributed by atoms with Crippen molar-refractivity contribution in [2.75, 3.05) is 26.3 Å². The van der Waals surface area contributed by atoms with Gasteiger partial charge in [-0.15, -0.1) is 0 Å². The minimum atomic E-state index is -3.65. The van der Waals surface area contributed by atoms with Crippen molar-refractivity contribution in [3.63, 3.8) is 0 Å². The molecule has 3 rings (SSSR count). The smallest absolute Gasteiger partial charge is 0.254 e. The molecule has 0 atom stereocenters. The molecule has 0 spiro atoms. The lowest BCUT2D eigenvalue weighted by Gasteiger charge is -2.26. The number of hydrogen-bond acceptors (Lipinski definition) is 5. The first-order chi connectivity index (χ1) is 12.4. The summed E-state index contributed by atoms with van der Waals surface area (Å²) < 4.78 is 32.7. The highest BCUT2D eigenvalue weighted by Gasteiger charge is 2.22. The highest BCUT2D eigenvalue weighted by Crippen LogP contribution is 2.17. The number of aryl methyl sites for hydroxylation is 2. The van der Waals surface area contributed by atoms with Gasteiger partial charge < -0.3 is 9.64 Å². The second kappa shape index (κ2) is 7.56. The summed E-state index contributed by atoms with van der Waals surface area (Å²) in [5, 5.41) is 6.59. The van der Waals surface area contributed by atoms with Crippen LogP contribution in [0.1, 0.15) is 27.3 Å². The average Bonchev–Trinajstić information content (AvgIpc) is 3.00. The first-order valence-corrected chi connectivity index (χ1v) is 9.84. The van der Waals surface area contributed by atoms with Crippen molar-refractivity contribution >= 4 is 15.9 Å². The molecule has 26 heavy (non-hydrogen) atoms. The van der Waals surface area contributed by atoms with Gasteiger partial charge in [0.1, 0.15) is 4.90 Å². The van der Waals surface area contributed by atoms with Crippen LogP contribution in [0.5, 0.6) is 0 Å². The summed E-state index contributed by atoms with van der Waals surface area (Å²) in [6.45, 7) is 5.73. The fourth-order valence-corrected chi connectivity index (χ4v) is 4.29. The Morgan fingerprint density at radius 3 is 2.46 bits per heavy atom. The van der Waals surface area contributed by atoms with Crippen LogP contribution >= 0.6 is 0 Å². The zero-order valence-electron chi connectivity index (χ0n) is 14.8. The van der Waals surface area contributed by atoms with Gasteiger partial charge in [-0.1, -0.05) is 12.1 Å². The van der Waals surface area contributed by atoms with Crippen molar-refractivity contribution in [1.29, 1.82) is 0 Å². The second-order valence-electron chi connectivity index (χ2n) is 6.19. The third-order valence-corrected chi connectivity index (χ3v) is 5.96. The molecule has 140 valence electrons. The molecule has 0 unspecified atom stereocenters. The van der Waals surface area contributed by atoms with Crippen LogP contribution in [-0.4, -0.2) is 55.7 Å². The van der Waals surface area contributed by atoms with Gasteiger partial charge in [-0.2, -0.15) is 5.10 Å². The fraction of sp³-hybridized carbons (Fsp3) is 0.412. The minimum Gasteiger partial charge on any atom is -0.378 e. The maximum absolute atomic E-state index is 12.4. The molecular formula is C17H22N4O4S. The number of aromatic nitrogens is 2. The van der Waals surface area contributed by atoms with Crippen LogP contribution in [-0.2, 0) is 21.3 Å². The highest BCUT2D eigenvalue weighted by atomic mass is 32.2. The van der Waals surface area contributed by atoms with Gasteiger partial charge in [0.15, 0.2) is 0 Å². The number of nitrogens with one attached hydrogen (secondary N) is 2. The number of rotatable bonds is 5. The summed E-state index contributed by atoms with van der Waals surface area (Å²) in [6, 6.07) is 6.95. The van der Waals surface area contributed by atoms with E-state index in [-0.39, 0.29) is 17.3 Å². The SMILES string of the molecule is Cc1n[nH]c(C)c1S(=O)(=O)NCc1ccc(C(=O)N2CCOCC2)cc1. The predicted molar refractivity (Wildman–Crippen MR) is 95.3 cm³/mol. The molecule has 2 N–H and O–H groups in total. The molecule has 1 aromatic carbocycles. The van der Waals surface area contributed by atoms with Gasteiger partial charge >= 0.3 is 0 Å². The van der Waals surface area contributed by atoms with Crippen LogP contribution in [0.25, 0.3) is 0 Å². The Labute approximate surface area is 152 Å². The first kappa shape index (κ1) is 18.6. The Kier molecular flexibility index (Phi) is 5.40. The third kappa shape index (κ3) is 3.95. The van der Waals surface area contributed by atoms with Gasteiger partial charge in [0.05, 0.1) is 24.6 Å². The number of carbonyl (C=O) groups is 1. The van der Waals surface area contributed by atoms with E-state index in [1.54, 1.807) is 43.0 Å². The molecule has 2 heterocycles. The van der Waals surface area contributed by atoms with Crippen molar-refractivity contribution in [2.45, 2.75) is 25.3 Å². The lowest BCUT2D eigenvalue weighted by atomic mass is 10.1. The molecule has 1 aliphatic rings. The number of amides is 1. The van der Waals surface area contributed by atoms with Gasteiger partial charge in [-0.05, 0) is 31.5 Å². The van der Waals surface area contributed by atoms with Crippen molar-refractivity contribution in [3.05, 3.63) is 46.8 Å². The van der Waals surface area contributed by atoms with Crippen molar-refractivity contribution < 1.29 is 17.9 Å². The van der Waals surface area contributed by atoms with E-state index in [1.165, 1.54) is 0 Å². The second-order valence-corrected chi connectivity index (χ2v) is 7.89. The molecule has 1 saturated heterocycles. The van der Waals surface area contributed by atoms with E-state index in [4.69, 9.17) is 4.74 Å². The molecule has 1 amide bonds. The number of benzene rings is 1. The molecular weight excluding hydrogens is 356 g/mol. The van der Waals surface area contributed by atoms with Crippen LogP contribution < -0.4 is 4.72 Å². The lowest BCUT2D eigenvalue weighted by molar-refractivity contribution is 0.0303. The number of nitrogens with zero attached hydrogens (tertiary/aromatic N) is 2. The van der Waals surface area contributed by atoms with E-state index in [0.29, 0.717) is 43.3 Å². The molecule has 8 nitrogen and oxygen atoms in total. The summed E-state index contributed by atoms with van der Waals surface area (Å²) in [7, 11) is -3.65. The standard InChI is InChI=1S/C17H22N4O4S/c1-12-16(13(2)20-19-12)26(23,24)18-11-14-3-5-15(6-4-14)17(22)21-7-9-25-10-8-21/h3-6,18H,7-11H2,1-2H3,(H,19,20). The Hall–Kier alpha value is -2.23. The zero-order valence-corrected chi connectivity index (χ0v) is 15.6. The molecule has 0 aliphatic carbocycles. The zero-order chi connectivity index (χ0) is 18.7. The number of carbonyl (C=O) groups excluding carboxylic acids is 1. The molecule has 1 aliphatic heterocycles. The summed E-state index contributed by atoms with van der Waals surface area (Å²) in [6.07, 6.45) is 0. The van der Waals surface area contributed by atoms with Gasteiger partial charge in [0.25, 0.3) is 5.91 Å². The molecule has 0 saturated carbocycles. The van der Waals surface area contributed by atoms with E-state index in [9.17, 15) is 13.2 Å². The van der Waals surface area contributed by atoms with Gasteiger partial charge in [-0.3, -0.25) is 9.89 Å². The van der Waals surface area contributed by atoms with Crippen LogP contribution in [0.15, 0.2) is 29.2 Å². The molecule has 1 aromatic heterocycles. The van der Waals surface area contributed by atoms with Gasteiger partial charge in [-0.25, -0.2) is 13.1 Å². The highest BCUT2D eigenvalue weighted by molar-refractivity contribution is 7.89. The Bertz CT molecular complexity index is 864. The van der Waals surface area contributed by atoms with Crippen molar-refractivity contribution in [2.24, 2.45) is 0 Å². The largest absolute Gasteiger partial charge is 0.378 e. The summed E-state index contributed by atoms with van der Waals surface area (Å²) >= 11 is 0. The third-order valence-electron chi connectivity index (χ3n) is 4.29. The maximum Gasteiger partial charge on any atom is 0.254 e. The van der Waals surface area contributed by atoms with E-state index in [2.05, 4.69) is 14.9 Å². The Balaban J connectivity index is 1.65. The first-order valence-electron chi connectivity index (χ1n) is 8.35. The maximum atomic E-state index is 12.4. The van der Waals surface area contributed by atoms with E-state index >= 15 is 0 Å². The van der Waals surface area contributed by atoms with Crippen molar-refractivity contribution in [1.82, 2.24) is 19.8 Å². The van der Waals surface area contributed by atoms with Gasteiger partial charge in [0, 0.05) is 25.2 Å². The Morgan fingerprint density at radius 2 is 1.88 bits per heavy atom. The molecule has 0 bridgehead atoms. The molecule has 0 radical (unpaired) electrons. The molecule has 9 heteroatoms. The number of hydrogen-bond donors (Lipinski definition) is 2. The summed E-state index contributed by atoms with van der Waals surface area (Å²) in [4.78, 5) is 14.3. The van der Waals surface area contributed by atoms with E-state index in [0.717, 1.165) is 5.56 Å². The summed E-state index contributed by atoms with van der Waals surface area (Å²) in [5.74, 6) is -0.0370. The fourth-order valence-electron chi connectivity index (χ4n) is 2.90. The monoisotopic (exact) mass is 378 g/mol. The van der Waals surface area contributed by atoms with Crippen LogP contribution in [0, 0.1) is 13.8 Å². The molecule has 1 fully saturated rings. The number of sulfonamides is 1. The minimum absolute atomic E-state index is 0.0370. The lowest BCUT2D eigenvalue weighted by Crippen LogP contribution is -2.40. The summed E-state index contributed by atoms with van der Waals surface area (Å²) in [5.41, 5.74) is 2.29. The number of H-pyrrole nitrogens is 1. The number of ether oxygens (including phenoxy) is 1. The normalized spacial score (nSPS) is 15.2. The van der Waals surface area contributed by atoms with E-state index < -0.39 is 10.0 Å². The predicted octanol–water partition coefficient (Wildman–Crippen LogP) is 0.977. The van der Waals surface area contributed by atoms with Crippen LogP contribution in [0.3, 0.4) is 0 Å². The quantitative estimate of drug-likeness (QED) is 0.807.